The maximum Gasteiger partial charge on any atom is 0.164 e. The molecule has 3 aromatic carbocycles. The molecule has 42 heavy (non-hydrogen) atoms. The first-order valence-electron chi connectivity index (χ1n) is 13.9. The molecular weight excluding hydrogens is 536 g/mol. The summed E-state index contributed by atoms with van der Waals surface area (Å²) in [6, 6.07) is 32.9. The fourth-order valence-corrected chi connectivity index (χ4v) is 6.51. The second-order valence-corrected chi connectivity index (χ2v) is 10.6. The van der Waals surface area contributed by atoms with Crippen LogP contribution < -0.4 is 0 Å². The monoisotopic (exact) mass is 562 g/mol. The summed E-state index contributed by atoms with van der Waals surface area (Å²) < 4.78 is 2.20. The molecule has 202 valence electrons. The number of halogens is 1. The molecule has 3 heterocycles. The van der Waals surface area contributed by atoms with E-state index in [1.54, 1.807) is 0 Å². The van der Waals surface area contributed by atoms with Crippen molar-refractivity contribution < 1.29 is 0 Å². The lowest BCUT2D eigenvalue weighted by Crippen LogP contribution is -2.30. The van der Waals surface area contributed by atoms with Gasteiger partial charge in [0.25, 0.3) is 0 Å². The van der Waals surface area contributed by atoms with Crippen LogP contribution in [-0.2, 0) is 5.41 Å². The van der Waals surface area contributed by atoms with Crippen molar-refractivity contribution in [2.45, 2.75) is 12.3 Å². The molecule has 0 saturated heterocycles. The second-order valence-electron chi connectivity index (χ2n) is 10.2. The third-order valence-corrected chi connectivity index (χ3v) is 8.26. The van der Waals surface area contributed by atoms with Gasteiger partial charge in [-0.15, -0.1) is 0 Å². The fraction of sp³-hybridized carbons (Fsp3) is 0.0541. The van der Waals surface area contributed by atoms with E-state index >= 15 is 0 Å². The Labute approximate surface area is 250 Å². The van der Waals surface area contributed by atoms with Crippen LogP contribution >= 0.6 is 11.6 Å². The summed E-state index contributed by atoms with van der Waals surface area (Å²) in [5, 5.41) is 0.683. The van der Waals surface area contributed by atoms with Gasteiger partial charge in [-0.3, -0.25) is 14.5 Å². The van der Waals surface area contributed by atoms with Crippen LogP contribution in [0.3, 0.4) is 0 Å². The number of hydrogen-bond donors (Lipinski definition) is 0. The number of fused-ring (bicyclic) bond motifs is 3. The molecule has 5 heteroatoms. The van der Waals surface area contributed by atoms with E-state index in [2.05, 4.69) is 70.7 Å². The van der Waals surface area contributed by atoms with Gasteiger partial charge >= 0.3 is 0 Å². The van der Waals surface area contributed by atoms with Crippen LogP contribution in [0, 0.1) is 0 Å². The Balaban J connectivity index is 1.69. The van der Waals surface area contributed by atoms with E-state index in [0.29, 0.717) is 5.02 Å². The van der Waals surface area contributed by atoms with Gasteiger partial charge in [-0.1, -0.05) is 84.9 Å². The molecule has 0 saturated carbocycles. The van der Waals surface area contributed by atoms with Crippen molar-refractivity contribution in [2.24, 2.45) is 0 Å². The second kappa shape index (κ2) is 10.4. The van der Waals surface area contributed by atoms with Crippen molar-refractivity contribution in [3.63, 3.8) is 0 Å². The maximum atomic E-state index is 6.44. The molecule has 4 nitrogen and oxygen atoms in total. The van der Waals surface area contributed by atoms with Crippen molar-refractivity contribution in [2.75, 3.05) is 0 Å². The lowest BCUT2D eigenvalue weighted by Gasteiger charge is -2.34. The predicted octanol–water partition coefficient (Wildman–Crippen LogP) is 9.00. The average molecular weight is 563 g/mol. The number of aromatic nitrogens is 4. The third-order valence-electron chi connectivity index (χ3n) is 8.00. The molecule has 0 fully saturated rings. The first-order valence-corrected chi connectivity index (χ1v) is 14.3. The fourth-order valence-electron chi connectivity index (χ4n) is 6.39. The van der Waals surface area contributed by atoms with Crippen molar-refractivity contribution in [1.82, 2.24) is 19.5 Å². The Hall–Kier alpha value is -5.06. The summed E-state index contributed by atoms with van der Waals surface area (Å²) in [5.74, 6) is 0.779. The van der Waals surface area contributed by atoms with Gasteiger partial charge in [-0.05, 0) is 83.3 Å². The summed E-state index contributed by atoms with van der Waals surface area (Å²) in [6.45, 7) is 6.32. The molecule has 0 N–H and O–H groups in total. The molecule has 0 bridgehead atoms. The lowest BCUT2D eigenvalue weighted by molar-refractivity contribution is 0.761. The van der Waals surface area contributed by atoms with E-state index in [1.165, 1.54) is 0 Å². The van der Waals surface area contributed by atoms with Crippen molar-refractivity contribution >= 4 is 28.2 Å². The topological polar surface area (TPSA) is 43.6 Å². The number of benzene rings is 3. The van der Waals surface area contributed by atoms with E-state index in [0.717, 1.165) is 61.6 Å². The third kappa shape index (κ3) is 3.80. The molecule has 6 aromatic rings. The highest BCUT2D eigenvalue weighted by atomic mass is 35.5. The first kappa shape index (κ1) is 25.9. The Morgan fingerprint density at radius 3 is 2.33 bits per heavy atom. The van der Waals surface area contributed by atoms with Crippen molar-refractivity contribution in [1.29, 1.82) is 0 Å². The van der Waals surface area contributed by atoms with E-state index in [-0.39, 0.29) is 0 Å². The summed E-state index contributed by atoms with van der Waals surface area (Å²) in [7, 11) is 0. The Bertz CT molecular complexity index is 1990. The van der Waals surface area contributed by atoms with Crippen LogP contribution in [0.15, 0.2) is 146 Å². The van der Waals surface area contributed by atoms with Crippen LogP contribution in [0.2, 0.25) is 5.02 Å². The summed E-state index contributed by atoms with van der Waals surface area (Å²) in [4.78, 5) is 14.7. The smallest absolute Gasteiger partial charge is 0.164 e. The summed E-state index contributed by atoms with van der Waals surface area (Å²) in [6.07, 6.45) is 11.8. The highest BCUT2D eigenvalue weighted by molar-refractivity contribution is 6.30. The summed E-state index contributed by atoms with van der Waals surface area (Å²) in [5.41, 5.74) is 9.47. The van der Waals surface area contributed by atoms with Gasteiger partial charge in [-0.2, -0.15) is 0 Å². The Kier molecular flexibility index (Phi) is 6.41. The molecule has 1 unspecified atom stereocenters. The molecule has 1 atom stereocenters. The minimum atomic E-state index is -0.721. The largest absolute Gasteiger partial charge is 0.291 e. The molecule has 3 aromatic heterocycles. The van der Waals surface area contributed by atoms with Crippen LogP contribution in [0.25, 0.3) is 33.8 Å². The van der Waals surface area contributed by atoms with Crippen LogP contribution in [0.4, 0.5) is 0 Å². The highest BCUT2D eigenvalue weighted by Crippen LogP contribution is 2.57. The Morgan fingerprint density at radius 2 is 1.64 bits per heavy atom. The SMILES string of the molecule is C=CC1=C(/C=C\C)C(c2ccc(Cl)cc2)(c2cccnc2)c2c1ccc1c2nc(-c2ccccn2)n1-c1ccccc1. The zero-order valence-corrected chi connectivity index (χ0v) is 23.8. The van der Waals surface area contributed by atoms with E-state index < -0.39 is 5.41 Å². The Morgan fingerprint density at radius 1 is 0.833 bits per heavy atom. The van der Waals surface area contributed by atoms with Crippen molar-refractivity contribution in [3.8, 4) is 17.2 Å². The zero-order chi connectivity index (χ0) is 28.7. The van der Waals surface area contributed by atoms with Gasteiger partial charge in [0.05, 0.1) is 16.4 Å². The lowest BCUT2D eigenvalue weighted by atomic mass is 9.67. The number of allylic oxidation sites excluding steroid dienone is 5. The van der Waals surface area contributed by atoms with Gasteiger partial charge in [0.2, 0.25) is 0 Å². The normalized spacial score (nSPS) is 16.3. The minimum Gasteiger partial charge on any atom is -0.291 e. The van der Waals surface area contributed by atoms with Gasteiger partial charge < -0.3 is 0 Å². The minimum absolute atomic E-state index is 0.683. The predicted molar refractivity (Wildman–Crippen MR) is 172 cm³/mol. The molecule has 1 aliphatic carbocycles. The molecule has 1 aliphatic rings. The molecule has 0 spiro atoms. The number of hydrogen-bond acceptors (Lipinski definition) is 3. The highest BCUT2D eigenvalue weighted by Gasteiger charge is 2.48. The van der Waals surface area contributed by atoms with Gasteiger partial charge in [0.1, 0.15) is 5.69 Å². The molecular formula is C37H27ClN4. The molecule has 0 radical (unpaired) electrons. The van der Waals surface area contributed by atoms with Crippen LogP contribution in [-0.4, -0.2) is 19.5 Å². The number of pyridine rings is 2. The molecule has 0 amide bonds. The molecule has 7 rings (SSSR count). The van der Waals surface area contributed by atoms with Crippen LogP contribution in [0.1, 0.15) is 29.2 Å². The van der Waals surface area contributed by atoms with Crippen molar-refractivity contribution in [3.05, 3.63) is 173 Å². The number of nitrogens with zero attached hydrogens (tertiary/aromatic N) is 4. The standard InChI is InChI=1S/C37H27ClN4/c1-3-11-31-29(4-2)30-20-21-33-35(41-36(32-15-8-9-23-40-32)42(33)28-13-6-5-7-14-28)34(30)37(31,26-12-10-22-39-24-26)25-16-18-27(38)19-17-25/h3-24H,2H2,1H3/b11-3-. The van der Waals surface area contributed by atoms with E-state index in [4.69, 9.17) is 21.6 Å². The zero-order valence-electron chi connectivity index (χ0n) is 23.1. The first-order chi connectivity index (χ1) is 20.7. The van der Waals surface area contributed by atoms with Crippen LogP contribution in [0.5, 0.6) is 0 Å². The van der Waals surface area contributed by atoms with Gasteiger partial charge in [0.15, 0.2) is 5.82 Å². The quantitative estimate of drug-likeness (QED) is 0.203. The summed E-state index contributed by atoms with van der Waals surface area (Å²) >= 11 is 6.44. The number of rotatable bonds is 6. The average Bonchev–Trinajstić information content (AvgIpc) is 3.57. The van der Waals surface area contributed by atoms with Gasteiger partial charge in [0, 0.05) is 34.9 Å². The molecule has 0 aliphatic heterocycles. The number of para-hydroxylation sites is 1. The van der Waals surface area contributed by atoms with Gasteiger partial charge in [-0.25, -0.2) is 4.98 Å². The van der Waals surface area contributed by atoms with E-state index in [1.807, 2.05) is 86.2 Å². The van der Waals surface area contributed by atoms with E-state index in [9.17, 15) is 0 Å². The number of imidazole rings is 1. The maximum absolute atomic E-state index is 6.44.